The van der Waals surface area contributed by atoms with Crippen LogP contribution in [0, 0.1) is 0 Å². The van der Waals surface area contributed by atoms with Crippen LogP contribution in [0.3, 0.4) is 0 Å². The van der Waals surface area contributed by atoms with Crippen LogP contribution in [0.25, 0.3) is 10.9 Å². The predicted molar refractivity (Wildman–Crippen MR) is 136 cm³/mol. The third-order valence-corrected chi connectivity index (χ3v) is 6.86. The zero-order valence-corrected chi connectivity index (χ0v) is 20.8. The smallest absolute Gasteiger partial charge is 0.142 e. The number of ether oxygens (including phenoxy) is 1. The molecule has 0 saturated heterocycles. The summed E-state index contributed by atoms with van der Waals surface area (Å²) in [5, 5.41) is 1.32. The van der Waals surface area contributed by atoms with E-state index in [1.165, 1.54) is 33.3 Å². The van der Waals surface area contributed by atoms with Crippen molar-refractivity contribution in [3.05, 3.63) is 64.8 Å². The van der Waals surface area contributed by atoms with E-state index >= 15 is 0 Å². The number of aromatic nitrogens is 1. The highest BCUT2D eigenvalue weighted by Crippen LogP contribution is 2.37. The minimum atomic E-state index is 0.404. The van der Waals surface area contributed by atoms with Crippen molar-refractivity contribution in [2.45, 2.75) is 78.7 Å². The van der Waals surface area contributed by atoms with Crippen molar-refractivity contribution in [3.8, 4) is 5.75 Å². The highest BCUT2D eigenvalue weighted by atomic mass is 16.5. The van der Waals surface area contributed by atoms with E-state index in [9.17, 15) is 0 Å². The molecule has 2 aromatic carbocycles. The lowest BCUT2D eigenvalue weighted by molar-refractivity contribution is 0.302. The lowest BCUT2D eigenvalue weighted by Gasteiger charge is -2.35. The van der Waals surface area contributed by atoms with Crippen molar-refractivity contribution in [2.75, 3.05) is 18.1 Å². The molecule has 3 nitrogen and oxygen atoms in total. The molecular weight excluding hydrogens is 392 g/mol. The summed E-state index contributed by atoms with van der Waals surface area (Å²) >= 11 is 0. The average molecular weight is 431 g/mol. The molecule has 0 saturated carbocycles. The normalized spacial score (nSPS) is 14.9. The monoisotopic (exact) mass is 430 g/mol. The molecule has 0 bridgehead atoms. The number of nitrogens with zero attached hydrogens (tertiary/aromatic N) is 2. The van der Waals surface area contributed by atoms with Gasteiger partial charge in [-0.15, -0.1) is 0 Å². The van der Waals surface area contributed by atoms with Gasteiger partial charge in [-0.2, -0.15) is 0 Å². The highest BCUT2D eigenvalue weighted by Gasteiger charge is 2.22. The maximum atomic E-state index is 5.93. The van der Waals surface area contributed by atoms with Crippen molar-refractivity contribution >= 4 is 16.6 Å². The van der Waals surface area contributed by atoms with Crippen LogP contribution < -0.4 is 9.64 Å². The molecule has 3 aromatic rings. The number of pyridine rings is 1. The summed E-state index contributed by atoms with van der Waals surface area (Å²) in [6.07, 6.45) is 3.11. The Hall–Kier alpha value is -2.55. The molecule has 1 aliphatic rings. The number of hydrogen-bond donors (Lipinski definition) is 0. The third-order valence-electron chi connectivity index (χ3n) is 6.86. The number of rotatable bonds is 6. The number of hydrogen-bond acceptors (Lipinski definition) is 3. The van der Waals surface area contributed by atoms with Gasteiger partial charge in [0.2, 0.25) is 0 Å². The summed E-state index contributed by atoms with van der Waals surface area (Å²) < 4.78 is 5.93. The molecule has 0 spiro atoms. The largest absolute Gasteiger partial charge is 0.490 e. The molecule has 0 N–H and O–H groups in total. The molecule has 1 aromatic heterocycles. The molecule has 32 heavy (non-hydrogen) atoms. The first-order chi connectivity index (χ1) is 15.3. The van der Waals surface area contributed by atoms with E-state index in [-0.39, 0.29) is 0 Å². The second-order valence-electron chi connectivity index (χ2n) is 10.3. The quantitative estimate of drug-likeness (QED) is 0.406. The van der Waals surface area contributed by atoms with Crippen molar-refractivity contribution in [2.24, 2.45) is 0 Å². The SMILES string of the molecule is CC(C)c1ccc2ncc(CC(C)c3ccc4c(c3)N(C(C)C)CCO4)c(C(C)C)c2c1. The Morgan fingerprint density at radius 3 is 2.34 bits per heavy atom. The lowest BCUT2D eigenvalue weighted by atomic mass is 9.86. The van der Waals surface area contributed by atoms with Crippen molar-refractivity contribution < 1.29 is 4.74 Å². The minimum absolute atomic E-state index is 0.404. The van der Waals surface area contributed by atoms with Crippen molar-refractivity contribution in [3.63, 3.8) is 0 Å². The van der Waals surface area contributed by atoms with Gasteiger partial charge in [-0.1, -0.05) is 46.8 Å². The van der Waals surface area contributed by atoms with Crippen molar-refractivity contribution in [1.82, 2.24) is 4.98 Å². The van der Waals surface area contributed by atoms with Crippen LogP contribution in [-0.4, -0.2) is 24.2 Å². The molecule has 0 radical (unpaired) electrons. The predicted octanol–water partition coefficient (Wildman–Crippen LogP) is 7.44. The fourth-order valence-corrected chi connectivity index (χ4v) is 5.02. The third kappa shape index (κ3) is 4.35. The van der Waals surface area contributed by atoms with Crippen LogP contribution in [-0.2, 0) is 6.42 Å². The molecule has 170 valence electrons. The zero-order valence-electron chi connectivity index (χ0n) is 20.8. The summed E-state index contributed by atoms with van der Waals surface area (Å²) in [5.41, 5.74) is 7.91. The summed E-state index contributed by atoms with van der Waals surface area (Å²) in [4.78, 5) is 7.31. The zero-order chi connectivity index (χ0) is 23.0. The maximum Gasteiger partial charge on any atom is 0.142 e. The van der Waals surface area contributed by atoms with Gasteiger partial charge in [0.05, 0.1) is 17.7 Å². The Kier molecular flexibility index (Phi) is 6.46. The topological polar surface area (TPSA) is 25.4 Å². The average Bonchev–Trinajstić information content (AvgIpc) is 2.77. The van der Waals surface area contributed by atoms with Gasteiger partial charge < -0.3 is 9.64 Å². The van der Waals surface area contributed by atoms with Crippen LogP contribution in [0.15, 0.2) is 42.6 Å². The van der Waals surface area contributed by atoms with Crippen LogP contribution in [0.1, 0.15) is 88.5 Å². The molecule has 0 aliphatic carbocycles. The van der Waals surface area contributed by atoms with Gasteiger partial charge >= 0.3 is 0 Å². The van der Waals surface area contributed by atoms with E-state index < -0.39 is 0 Å². The lowest BCUT2D eigenvalue weighted by Crippen LogP contribution is -2.38. The highest BCUT2D eigenvalue weighted by molar-refractivity contribution is 5.84. The summed E-state index contributed by atoms with van der Waals surface area (Å²) in [5.74, 6) is 2.39. The second-order valence-corrected chi connectivity index (χ2v) is 10.3. The maximum absolute atomic E-state index is 5.93. The number of fused-ring (bicyclic) bond motifs is 2. The van der Waals surface area contributed by atoms with E-state index in [2.05, 4.69) is 96.0 Å². The van der Waals surface area contributed by atoms with E-state index in [4.69, 9.17) is 9.72 Å². The number of benzene rings is 2. The fraction of sp³-hybridized carbons (Fsp3) is 0.483. The fourth-order valence-electron chi connectivity index (χ4n) is 5.02. The van der Waals surface area contributed by atoms with Crippen LogP contribution in [0.4, 0.5) is 5.69 Å². The van der Waals surface area contributed by atoms with Crippen LogP contribution >= 0.6 is 0 Å². The van der Waals surface area contributed by atoms with Gasteiger partial charge in [-0.05, 0) is 84.5 Å². The summed E-state index contributed by atoms with van der Waals surface area (Å²) in [6, 6.07) is 14.0. The minimum Gasteiger partial charge on any atom is -0.490 e. The molecule has 1 unspecified atom stereocenters. The first kappa shape index (κ1) is 22.6. The molecule has 2 heterocycles. The number of anilines is 1. The van der Waals surface area contributed by atoms with Gasteiger partial charge in [0.25, 0.3) is 0 Å². The summed E-state index contributed by atoms with van der Waals surface area (Å²) in [6.45, 7) is 17.7. The molecule has 4 rings (SSSR count). The first-order valence-electron chi connectivity index (χ1n) is 12.2. The van der Waals surface area contributed by atoms with E-state index in [1.54, 1.807) is 0 Å². The summed E-state index contributed by atoms with van der Waals surface area (Å²) in [7, 11) is 0. The molecule has 1 atom stereocenters. The molecule has 1 aliphatic heterocycles. The van der Waals surface area contributed by atoms with Gasteiger partial charge in [-0.3, -0.25) is 4.98 Å². The molecule has 0 amide bonds. The first-order valence-corrected chi connectivity index (χ1v) is 12.2. The van der Waals surface area contributed by atoms with Gasteiger partial charge in [-0.25, -0.2) is 0 Å². The van der Waals surface area contributed by atoms with Gasteiger partial charge in [0, 0.05) is 17.6 Å². The van der Waals surface area contributed by atoms with E-state index in [0.717, 1.165) is 30.8 Å². The standard InChI is InChI=1S/C29H38N2O/c1-18(2)22-8-10-26-25(15-22)29(19(3)4)24(17-30-26)14-21(7)23-9-11-28-27(16-23)31(20(5)6)12-13-32-28/h8-11,15-21H,12-14H2,1-7H3. The molecule has 3 heteroatoms. The van der Waals surface area contributed by atoms with E-state index in [0.29, 0.717) is 23.8 Å². The second kappa shape index (κ2) is 9.13. The van der Waals surface area contributed by atoms with Crippen LogP contribution in [0.5, 0.6) is 5.75 Å². The van der Waals surface area contributed by atoms with Gasteiger partial charge in [0.1, 0.15) is 12.4 Å². The van der Waals surface area contributed by atoms with Crippen LogP contribution in [0.2, 0.25) is 0 Å². The van der Waals surface area contributed by atoms with Gasteiger partial charge in [0.15, 0.2) is 0 Å². The molecule has 0 fully saturated rings. The molecular formula is C29H38N2O. The Bertz CT molecular complexity index is 1100. The van der Waals surface area contributed by atoms with Crippen molar-refractivity contribution in [1.29, 1.82) is 0 Å². The Morgan fingerprint density at radius 2 is 1.66 bits per heavy atom. The Balaban J connectivity index is 1.70. The van der Waals surface area contributed by atoms with E-state index in [1.807, 2.05) is 0 Å². The Morgan fingerprint density at radius 1 is 0.906 bits per heavy atom. The Labute approximate surface area is 193 Å².